The molecule has 0 radical (unpaired) electrons. The second-order valence-corrected chi connectivity index (χ2v) is 4.77. The molecule has 0 amide bonds. The smallest absolute Gasteiger partial charge is 0.163 e. The lowest BCUT2D eigenvalue weighted by atomic mass is 10.1. The molecule has 1 fully saturated rings. The van der Waals surface area contributed by atoms with Gasteiger partial charge >= 0.3 is 0 Å². The zero-order chi connectivity index (χ0) is 11.2. The van der Waals surface area contributed by atoms with E-state index in [1.54, 1.807) is 11.3 Å². The van der Waals surface area contributed by atoms with Gasteiger partial charge in [0.25, 0.3) is 0 Å². The molecule has 1 aliphatic heterocycles. The van der Waals surface area contributed by atoms with E-state index < -0.39 is 0 Å². The first-order valence-corrected chi connectivity index (χ1v) is 6.66. The Morgan fingerprint density at radius 3 is 2.94 bits per heavy atom. The molecule has 16 heavy (non-hydrogen) atoms. The molecule has 1 aliphatic rings. The summed E-state index contributed by atoms with van der Waals surface area (Å²) in [6, 6.07) is 1.90. The highest BCUT2D eigenvalue weighted by atomic mass is 32.1. The lowest BCUT2D eigenvalue weighted by Crippen LogP contribution is -2.36. The number of morpholine rings is 1. The summed E-state index contributed by atoms with van der Waals surface area (Å²) in [5, 5.41) is 3.88. The Balaban J connectivity index is 1.66. The van der Waals surface area contributed by atoms with E-state index in [4.69, 9.17) is 4.74 Å². The van der Waals surface area contributed by atoms with Crippen molar-refractivity contribution in [2.45, 2.75) is 12.8 Å². The van der Waals surface area contributed by atoms with Crippen LogP contribution in [-0.2, 0) is 4.74 Å². The minimum Gasteiger partial charge on any atom is -0.379 e. The van der Waals surface area contributed by atoms with Gasteiger partial charge in [0.2, 0.25) is 0 Å². The molecule has 0 bridgehead atoms. The number of hydrogen-bond acceptors (Lipinski definition) is 4. The number of ketones is 1. The van der Waals surface area contributed by atoms with Gasteiger partial charge in [0, 0.05) is 30.5 Å². The maximum Gasteiger partial charge on any atom is 0.163 e. The van der Waals surface area contributed by atoms with E-state index in [2.05, 4.69) is 4.90 Å². The monoisotopic (exact) mass is 239 g/mol. The van der Waals surface area contributed by atoms with Crippen molar-refractivity contribution in [3.63, 3.8) is 0 Å². The van der Waals surface area contributed by atoms with Crippen molar-refractivity contribution >= 4 is 17.1 Å². The largest absolute Gasteiger partial charge is 0.379 e. The fourth-order valence-corrected chi connectivity index (χ4v) is 2.52. The third kappa shape index (κ3) is 3.40. The number of Topliss-reactive ketones (excluding diaryl/α,β-unsaturated/α-hetero) is 1. The molecule has 3 nitrogen and oxygen atoms in total. The van der Waals surface area contributed by atoms with E-state index in [-0.39, 0.29) is 5.78 Å². The molecule has 0 aliphatic carbocycles. The van der Waals surface area contributed by atoms with Gasteiger partial charge in [-0.3, -0.25) is 9.69 Å². The van der Waals surface area contributed by atoms with Gasteiger partial charge in [0.1, 0.15) is 0 Å². The molecule has 0 spiro atoms. The van der Waals surface area contributed by atoms with Gasteiger partial charge in [0.05, 0.1) is 13.2 Å². The summed E-state index contributed by atoms with van der Waals surface area (Å²) in [5.74, 6) is 0.273. The molecule has 1 saturated heterocycles. The maximum atomic E-state index is 11.7. The fraction of sp³-hybridized carbons (Fsp3) is 0.583. The number of ether oxygens (including phenoxy) is 1. The van der Waals surface area contributed by atoms with Crippen molar-refractivity contribution in [1.29, 1.82) is 0 Å². The lowest BCUT2D eigenvalue weighted by Gasteiger charge is -2.26. The van der Waals surface area contributed by atoms with Crippen LogP contribution in [0.5, 0.6) is 0 Å². The zero-order valence-electron chi connectivity index (χ0n) is 9.35. The fourth-order valence-electron chi connectivity index (χ4n) is 1.86. The van der Waals surface area contributed by atoms with Crippen LogP contribution in [0.4, 0.5) is 0 Å². The minimum absolute atomic E-state index is 0.273. The molecule has 4 heteroatoms. The molecule has 0 saturated carbocycles. The number of hydrogen-bond donors (Lipinski definition) is 0. The quantitative estimate of drug-likeness (QED) is 0.736. The number of thiophene rings is 1. The summed E-state index contributed by atoms with van der Waals surface area (Å²) < 4.78 is 5.28. The van der Waals surface area contributed by atoms with Crippen molar-refractivity contribution in [3.8, 4) is 0 Å². The molecule has 2 rings (SSSR count). The minimum atomic E-state index is 0.273. The molecule has 0 N–H and O–H groups in total. The molecular weight excluding hydrogens is 222 g/mol. The first kappa shape index (κ1) is 11.8. The van der Waals surface area contributed by atoms with Crippen LogP contribution in [0.1, 0.15) is 23.2 Å². The second-order valence-electron chi connectivity index (χ2n) is 3.99. The Hall–Kier alpha value is -0.710. The third-order valence-corrected chi connectivity index (χ3v) is 3.51. The summed E-state index contributed by atoms with van der Waals surface area (Å²) in [6.07, 6.45) is 1.61. The van der Waals surface area contributed by atoms with Crippen LogP contribution in [0.25, 0.3) is 0 Å². The maximum absolute atomic E-state index is 11.7. The highest BCUT2D eigenvalue weighted by molar-refractivity contribution is 7.08. The summed E-state index contributed by atoms with van der Waals surface area (Å²) in [6.45, 7) is 4.69. The van der Waals surface area contributed by atoms with Gasteiger partial charge in [-0.05, 0) is 24.4 Å². The summed E-state index contributed by atoms with van der Waals surface area (Å²) in [7, 11) is 0. The predicted molar refractivity (Wildman–Crippen MR) is 65.1 cm³/mol. The van der Waals surface area contributed by atoms with E-state index >= 15 is 0 Å². The van der Waals surface area contributed by atoms with Crippen molar-refractivity contribution in [3.05, 3.63) is 22.4 Å². The Morgan fingerprint density at radius 2 is 2.25 bits per heavy atom. The Labute approximate surface area is 100 Å². The number of carbonyl (C=O) groups excluding carboxylic acids is 1. The first-order chi connectivity index (χ1) is 7.86. The number of carbonyl (C=O) groups is 1. The van der Waals surface area contributed by atoms with Crippen LogP contribution < -0.4 is 0 Å². The van der Waals surface area contributed by atoms with E-state index in [1.165, 1.54) is 0 Å². The van der Waals surface area contributed by atoms with Crippen molar-refractivity contribution in [1.82, 2.24) is 4.90 Å². The summed E-state index contributed by atoms with van der Waals surface area (Å²) in [4.78, 5) is 14.1. The average Bonchev–Trinajstić information content (AvgIpc) is 2.84. The molecule has 0 unspecified atom stereocenters. The molecule has 1 aromatic heterocycles. The van der Waals surface area contributed by atoms with Gasteiger partial charge < -0.3 is 4.74 Å². The first-order valence-electron chi connectivity index (χ1n) is 5.72. The lowest BCUT2D eigenvalue weighted by molar-refractivity contribution is 0.0371. The molecule has 88 valence electrons. The van der Waals surface area contributed by atoms with E-state index in [0.29, 0.717) is 6.42 Å². The second kappa shape index (κ2) is 6.13. The standard InChI is InChI=1S/C12H17NO2S/c14-12(11-3-9-16-10-11)2-1-4-13-5-7-15-8-6-13/h3,9-10H,1-2,4-8H2. The average molecular weight is 239 g/mol. The van der Waals surface area contributed by atoms with Gasteiger partial charge in [0.15, 0.2) is 5.78 Å². The highest BCUT2D eigenvalue weighted by Crippen LogP contribution is 2.10. The van der Waals surface area contributed by atoms with E-state index in [9.17, 15) is 4.79 Å². The van der Waals surface area contributed by atoms with Gasteiger partial charge in [-0.2, -0.15) is 11.3 Å². The molecular formula is C12H17NO2S. The normalized spacial score (nSPS) is 17.5. The van der Waals surface area contributed by atoms with E-state index in [1.807, 2.05) is 16.8 Å². The van der Waals surface area contributed by atoms with Crippen LogP contribution in [-0.4, -0.2) is 43.5 Å². The van der Waals surface area contributed by atoms with Crippen LogP contribution in [0, 0.1) is 0 Å². The number of rotatable bonds is 5. The van der Waals surface area contributed by atoms with Crippen LogP contribution in [0.2, 0.25) is 0 Å². The van der Waals surface area contributed by atoms with Crippen LogP contribution >= 0.6 is 11.3 Å². The van der Waals surface area contributed by atoms with Crippen LogP contribution in [0.3, 0.4) is 0 Å². The van der Waals surface area contributed by atoms with E-state index in [0.717, 1.165) is 44.8 Å². The Morgan fingerprint density at radius 1 is 1.44 bits per heavy atom. The van der Waals surface area contributed by atoms with Crippen molar-refractivity contribution in [2.75, 3.05) is 32.8 Å². The predicted octanol–water partition coefficient (Wildman–Crippen LogP) is 2.04. The Kier molecular flexibility index (Phi) is 4.51. The molecule has 0 aromatic carbocycles. The van der Waals surface area contributed by atoms with Gasteiger partial charge in [-0.1, -0.05) is 0 Å². The SMILES string of the molecule is O=C(CCCN1CCOCC1)c1ccsc1. The number of nitrogens with zero attached hydrogens (tertiary/aromatic N) is 1. The highest BCUT2D eigenvalue weighted by Gasteiger charge is 2.11. The topological polar surface area (TPSA) is 29.5 Å². The molecule has 2 heterocycles. The molecule has 0 atom stereocenters. The summed E-state index contributed by atoms with van der Waals surface area (Å²) in [5.41, 5.74) is 0.868. The van der Waals surface area contributed by atoms with Crippen molar-refractivity contribution < 1.29 is 9.53 Å². The third-order valence-electron chi connectivity index (χ3n) is 2.83. The zero-order valence-corrected chi connectivity index (χ0v) is 10.2. The summed E-state index contributed by atoms with van der Waals surface area (Å²) >= 11 is 1.58. The van der Waals surface area contributed by atoms with Crippen molar-refractivity contribution in [2.24, 2.45) is 0 Å². The van der Waals surface area contributed by atoms with Crippen LogP contribution in [0.15, 0.2) is 16.8 Å². The molecule has 1 aromatic rings. The van der Waals surface area contributed by atoms with Gasteiger partial charge in [-0.15, -0.1) is 0 Å². The Bertz CT molecular complexity index is 318. The van der Waals surface area contributed by atoms with Gasteiger partial charge in [-0.25, -0.2) is 0 Å².